The quantitative estimate of drug-likeness (QED) is 0.574. The van der Waals surface area contributed by atoms with E-state index in [2.05, 4.69) is 33.5 Å². The molecule has 1 N–H and O–H groups in total. The third-order valence-corrected chi connectivity index (χ3v) is 8.58. The van der Waals surface area contributed by atoms with E-state index in [9.17, 15) is 4.79 Å². The third-order valence-electron chi connectivity index (χ3n) is 8.58. The van der Waals surface area contributed by atoms with E-state index in [1.165, 1.54) is 44.5 Å². The van der Waals surface area contributed by atoms with Gasteiger partial charge in [0.1, 0.15) is 5.76 Å². The van der Waals surface area contributed by atoms with Crippen molar-refractivity contribution in [1.29, 1.82) is 0 Å². The number of carbonyl (C=O) groups is 1. The van der Waals surface area contributed by atoms with Crippen LogP contribution < -0.4 is 5.32 Å². The van der Waals surface area contributed by atoms with Crippen molar-refractivity contribution < 1.29 is 9.32 Å². The Hall–Kier alpha value is -2.67. The fourth-order valence-electron chi connectivity index (χ4n) is 6.45. The van der Waals surface area contributed by atoms with Gasteiger partial charge in [-0.05, 0) is 69.0 Å². The number of carbonyl (C=O) groups excluding carboxylic acids is 1. The maximum Gasteiger partial charge on any atom is 0.252 e. The van der Waals surface area contributed by atoms with Crippen molar-refractivity contribution in [3.8, 4) is 0 Å². The van der Waals surface area contributed by atoms with Gasteiger partial charge in [0.05, 0.1) is 16.8 Å². The lowest BCUT2D eigenvalue weighted by atomic mass is 9.84. The van der Waals surface area contributed by atoms with Gasteiger partial charge in [-0.15, -0.1) is 0 Å². The molecule has 2 saturated carbocycles. The molecule has 1 aromatic carbocycles. The van der Waals surface area contributed by atoms with Crippen LogP contribution in [0.1, 0.15) is 67.3 Å². The highest BCUT2D eigenvalue weighted by Gasteiger charge is 2.62. The van der Waals surface area contributed by atoms with Crippen LogP contribution in [0.15, 0.2) is 35.0 Å². The van der Waals surface area contributed by atoms with E-state index in [4.69, 9.17) is 4.52 Å². The van der Waals surface area contributed by atoms with Gasteiger partial charge in [0.25, 0.3) is 5.91 Å². The number of rotatable bonds is 7. The molecule has 3 fully saturated rings. The van der Waals surface area contributed by atoms with Crippen LogP contribution in [0.5, 0.6) is 0 Å². The Bertz CT molecular complexity index is 1190. The zero-order chi connectivity index (χ0) is 23.3. The van der Waals surface area contributed by atoms with Gasteiger partial charge in [0, 0.05) is 55.7 Å². The van der Waals surface area contributed by atoms with Gasteiger partial charge in [-0.1, -0.05) is 18.1 Å². The molecule has 1 amide bonds. The molecule has 2 atom stereocenters. The molecule has 2 aliphatic carbocycles. The van der Waals surface area contributed by atoms with Crippen molar-refractivity contribution in [3.63, 3.8) is 0 Å². The second kappa shape index (κ2) is 8.52. The SMILES string of the molecule is CCc1cc([C@]23CC2CN(CC[C@H]2CC[C@H](NC(=O)c4cccc5nn(C)cc45)CC2)C3)no1. The van der Waals surface area contributed by atoms with Crippen molar-refractivity contribution in [2.24, 2.45) is 18.9 Å². The molecule has 3 heterocycles. The number of nitrogens with zero attached hydrogens (tertiary/aromatic N) is 4. The van der Waals surface area contributed by atoms with Crippen molar-refractivity contribution in [2.45, 2.75) is 63.3 Å². The first-order chi connectivity index (χ1) is 16.5. The highest BCUT2D eigenvalue weighted by atomic mass is 16.5. The zero-order valence-corrected chi connectivity index (χ0v) is 20.3. The van der Waals surface area contributed by atoms with Gasteiger partial charge in [0.2, 0.25) is 0 Å². The average molecular weight is 462 g/mol. The van der Waals surface area contributed by atoms with Gasteiger partial charge >= 0.3 is 0 Å². The van der Waals surface area contributed by atoms with Crippen LogP contribution in [-0.4, -0.2) is 51.4 Å². The maximum atomic E-state index is 13.0. The minimum absolute atomic E-state index is 0.0303. The summed E-state index contributed by atoms with van der Waals surface area (Å²) in [6.45, 7) is 5.65. The zero-order valence-electron chi connectivity index (χ0n) is 20.3. The fourth-order valence-corrected chi connectivity index (χ4v) is 6.45. The number of nitrogens with one attached hydrogen (secondary N) is 1. The first-order valence-corrected chi connectivity index (χ1v) is 13.0. The molecule has 1 unspecified atom stereocenters. The Morgan fingerprint density at radius 2 is 2.12 bits per heavy atom. The van der Waals surface area contributed by atoms with E-state index < -0.39 is 0 Å². The van der Waals surface area contributed by atoms with Crippen molar-refractivity contribution in [1.82, 2.24) is 25.2 Å². The highest BCUT2D eigenvalue weighted by molar-refractivity contribution is 6.06. The fraction of sp³-hybridized carbons (Fsp3) is 0.593. The number of benzene rings is 1. The molecular weight excluding hydrogens is 426 g/mol. The summed E-state index contributed by atoms with van der Waals surface area (Å²) in [5, 5.41) is 13.0. The van der Waals surface area contributed by atoms with Crippen LogP contribution in [0.3, 0.4) is 0 Å². The summed E-state index contributed by atoms with van der Waals surface area (Å²) < 4.78 is 7.26. The molecule has 2 aromatic heterocycles. The van der Waals surface area contributed by atoms with E-state index in [0.29, 0.717) is 0 Å². The van der Waals surface area contributed by atoms with Crippen molar-refractivity contribution in [3.05, 3.63) is 47.5 Å². The molecule has 34 heavy (non-hydrogen) atoms. The molecule has 0 bridgehead atoms. The first-order valence-electron chi connectivity index (χ1n) is 13.0. The second-order valence-electron chi connectivity index (χ2n) is 10.8. The van der Waals surface area contributed by atoms with E-state index in [0.717, 1.165) is 59.9 Å². The van der Waals surface area contributed by atoms with Gasteiger partial charge in [-0.3, -0.25) is 9.48 Å². The molecule has 7 heteroatoms. The lowest BCUT2D eigenvalue weighted by Crippen LogP contribution is -2.38. The van der Waals surface area contributed by atoms with Crippen LogP contribution >= 0.6 is 0 Å². The molecule has 0 radical (unpaired) electrons. The largest absolute Gasteiger partial charge is 0.361 e. The number of aromatic nitrogens is 3. The number of fused-ring (bicyclic) bond motifs is 2. The first kappa shape index (κ1) is 21.8. The Balaban J connectivity index is 0.971. The highest BCUT2D eigenvalue weighted by Crippen LogP contribution is 2.58. The summed E-state index contributed by atoms with van der Waals surface area (Å²) in [7, 11) is 1.89. The second-order valence-corrected chi connectivity index (χ2v) is 10.8. The lowest BCUT2D eigenvalue weighted by molar-refractivity contribution is 0.0921. The summed E-state index contributed by atoms with van der Waals surface area (Å²) in [6, 6.07) is 8.24. The average Bonchev–Trinajstić information content (AvgIpc) is 3.23. The van der Waals surface area contributed by atoms with Crippen LogP contribution in [0.4, 0.5) is 0 Å². The standard InChI is InChI=1S/C27H35N5O2/c1-3-21-13-25(30-34-21)27-14-19(27)15-32(17-27)12-11-18-7-9-20(10-8-18)28-26(33)22-5-4-6-24-23(22)16-31(2)29-24/h4-6,13,16,18-20H,3,7-12,14-15,17H2,1-2H3,(H,28,33)/t18-,19?,20-,27-/m0/s1. The Morgan fingerprint density at radius 3 is 2.91 bits per heavy atom. The van der Waals surface area contributed by atoms with Crippen LogP contribution in [0.25, 0.3) is 10.9 Å². The number of likely N-dealkylation sites (tertiary alicyclic amines) is 1. The minimum Gasteiger partial charge on any atom is -0.361 e. The van der Waals surface area contributed by atoms with Crippen LogP contribution in [0.2, 0.25) is 0 Å². The predicted octanol–water partition coefficient (Wildman–Crippen LogP) is 4.08. The number of hydrogen-bond acceptors (Lipinski definition) is 5. The topological polar surface area (TPSA) is 76.2 Å². The Labute approximate surface area is 200 Å². The molecule has 180 valence electrons. The molecule has 0 spiro atoms. The van der Waals surface area contributed by atoms with Crippen molar-refractivity contribution in [2.75, 3.05) is 19.6 Å². The summed E-state index contributed by atoms with van der Waals surface area (Å²) in [5.74, 6) is 2.57. The van der Waals surface area contributed by atoms with E-state index >= 15 is 0 Å². The van der Waals surface area contributed by atoms with Gasteiger partial charge in [-0.25, -0.2) is 0 Å². The normalized spacial score (nSPS) is 28.8. The molecule has 1 saturated heterocycles. The Kier molecular flexibility index (Phi) is 5.47. The number of hydrogen-bond donors (Lipinski definition) is 1. The Morgan fingerprint density at radius 1 is 1.26 bits per heavy atom. The minimum atomic E-state index is 0.0303. The van der Waals surface area contributed by atoms with Gasteiger partial charge < -0.3 is 14.7 Å². The molecule has 3 aromatic rings. The van der Waals surface area contributed by atoms with E-state index in [1.807, 2.05) is 31.4 Å². The smallest absolute Gasteiger partial charge is 0.252 e. The number of piperidine rings is 1. The number of aryl methyl sites for hydroxylation is 2. The van der Waals surface area contributed by atoms with E-state index in [1.54, 1.807) is 4.68 Å². The molecule has 7 nitrogen and oxygen atoms in total. The monoisotopic (exact) mass is 461 g/mol. The van der Waals surface area contributed by atoms with Gasteiger partial charge in [0.15, 0.2) is 0 Å². The lowest BCUT2D eigenvalue weighted by Gasteiger charge is -2.30. The van der Waals surface area contributed by atoms with Gasteiger partial charge in [-0.2, -0.15) is 5.10 Å². The summed E-state index contributed by atoms with van der Waals surface area (Å²) in [4.78, 5) is 15.6. The third kappa shape index (κ3) is 3.94. The maximum absolute atomic E-state index is 13.0. The molecular formula is C27H35N5O2. The summed E-state index contributed by atoms with van der Waals surface area (Å²) in [5.41, 5.74) is 3.06. The van der Waals surface area contributed by atoms with Crippen LogP contribution in [-0.2, 0) is 18.9 Å². The predicted molar refractivity (Wildman–Crippen MR) is 131 cm³/mol. The van der Waals surface area contributed by atoms with Crippen LogP contribution in [0, 0.1) is 11.8 Å². The molecule has 1 aliphatic heterocycles. The van der Waals surface area contributed by atoms with Crippen molar-refractivity contribution >= 4 is 16.8 Å². The summed E-state index contributed by atoms with van der Waals surface area (Å²) >= 11 is 0. The van der Waals surface area contributed by atoms with E-state index in [-0.39, 0.29) is 17.4 Å². The number of amides is 1. The summed E-state index contributed by atoms with van der Waals surface area (Å²) in [6.07, 6.45) is 9.93. The molecule has 6 rings (SSSR count). The molecule has 3 aliphatic rings.